The summed E-state index contributed by atoms with van der Waals surface area (Å²) >= 11 is 0. The van der Waals surface area contributed by atoms with E-state index in [-0.39, 0.29) is 16.9 Å². The lowest BCUT2D eigenvalue weighted by atomic mass is 10.0. The zero-order valence-corrected chi connectivity index (χ0v) is 16.8. The van der Waals surface area contributed by atoms with Gasteiger partial charge in [-0.2, -0.15) is 0 Å². The Kier molecular flexibility index (Phi) is 4.83. The number of imidazole rings is 1. The van der Waals surface area contributed by atoms with Crippen LogP contribution in [-0.4, -0.2) is 32.5 Å². The summed E-state index contributed by atoms with van der Waals surface area (Å²) in [5, 5.41) is 0. The van der Waals surface area contributed by atoms with E-state index in [0.29, 0.717) is 23.2 Å². The first-order valence-electron chi connectivity index (χ1n) is 9.46. The van der Waals surface area contributed by atoms with E-state index in [1.165, 1.54) is 10.1 Å². The predicted molar refractivity (Wildman–Crippen MR) is 114 cm³/mol. The number of nitrogens with two attached hydrogens (primary N) is 1. The molecule has 0 spiro atoms. The smallest absolute Gasteiger partial charge is 0.332 e. The number of methoxy groups -OCH3 is 1. The van der Waals surface area contributed by atoms with E-state index < -0.39 is 11.6 Å². The number of fused-ring (bicyclic) bond motifs is 1. The highest BCUT2D eigenvalue weighted by Gasteiger charge is 2.20. The van der Waals surface area contributed by atoms with Crippen molar-refractivity contribution in [2.75, 3.05) is 7.11 Å². The van der Waals surface area contributed by atoms with Crippen LogP contribution in [0.4, 0.5) is 0 Å². The number of nitrogens with one attached hydrogen (secondary N) is 1. The summed E-state index contributed by atoms with van der Waals surface area (Å²) in [7, 11) is 1.57. The van der Waals surface area contributed by atoms with Gasteiger partial charge in [0.05, 0.1) is 12.8 Å². The molecule has 4 rings (SSSR count). The molecule has 8 heteroatoms. The highest BCUT2D eigenvalue weighted by Crippen LogP contribution is 2.24. The maximum atomic E-state index is 12.7. The Hall–Kier alpha value is -3.94. The Balaban J connectivity index is 1.95. The summed E-state index contributed by atoms with van der Waals surface area (Å²) in [5.74, 6) is 0.608. The Morgan fingerprint density at radius 2 is 1.73 bits per heavy atom. The fourth-order valence-electron chi connectivity index (χ4n) is 3.28. The molecule has 0 bridgehead atoms. The van der Waals surface area contributed by atoms with E-state index in [0.717, 1.165) is 5.56 Å². The summed E-state index contributed by atoms with van der Waals surface area (Å²) in [6.45, 7) is 4.21. The van der Waals surface area contributed by atoms with Crippen molar-refractivity contribution in [2.45, 2.75) is 19.8 Å². The quantitative estimate of drug-likeness (QED) is 0.531. The van der Waals surface area contributed by atoms with Gasteiger partial charge >= 0.3 is 5.69 Å². The van der Waals surface area contributed by atoms with Crippen LogP contribution in [0.15, 0.2) is 53.3 Å². The maximum Gasteiger partial charge on any atom is 0.332 e. The summed E-state index contributed by atoms with van der Waals surface area (Å²) in [6.07, 6.45) is 0. The molecule has 30 heavy (non-hydrogen) atoms. The number of benzene rings is 2. The third-order valence-corrected chi connectivity index (χ3v) is 4.94. The minimum atomic E-state index is -0.745. The first kappa shape index (κ1) is 19.4. The van der Waals surface area contributed by atoms with Crippen molar-refractivity contribution in [3.63, 3.8) is 0 Å². The molecule has 0 saturated carbocycles. The van der Waals surface area contributed by atoms with Gasteiger partial charge in [-0.05, 0) is 35.7 Å². The number of hydrogen-bond acceptors (Lipinski definition) is 5. The van der Waals surface area contributed by atoms with Gasteiger partial charge in [-0.3, -0.25) is 4.79 Å². The maximum absolute atomic E-state index is 12.7. The molecule has 0 saturated heterocycles. The molecule has 0 aliphatic carbocycles. The molecule has 0 fully saturated rings. The molecule has 2 aromatic heterocycles. The number of hydrogen-bond donors (Lipinski definition) is 2. The van der Waals surface area contributed by atoms with Gasteiger partial charge in [0.1, 0.15) is 11.3 Å². The van der Waals surface area contributed by atoms with E-state index >= 15 is 0 Å². The molecule has 1 amide bonds. The number of rotatable bonds is 5. The number of primary amides is 1. The molecular weight excluding hydrogens is 382 g/mol. The predicted octanol–water partition coefficient (Wildman–Crippen LogP) is 3.01. The van der Waals surface area contributed by atoms with Crippen molar-refractivity contribution in [2.24, 2.45) is 5.73 Å². The van der Waals surface area contributed by atoms with Crippen LogP contribution in [0.1, 0.15) is 35.8 Å². The zero-order chi connectivity index (χ0) is 21.4. The second kappa shape index (κ2) is 7.47. The molecule has 0 aliphatic heterocycles. The molecule has 4 aromatic rings. The molecule has 0 unspecified atom stereocenters. The van der Waals surface area contributed by atoms with Crippen LogP contribution in [0.25, 0.3) is 28.2 Å². The molecule has 0 atom stereocenters. The normalized spacial score (nSPS) is 11.2. The van der Waals surface area contributed by atoms with Crippen LogP contribution >= 0.6 is 0 Å². The molecular formula is C22H21N5O3. The van der Waals surface area contributed by atoms with E-state index in [2.05, 4.69) is 28.8 Å². The lowest BCUT2D eigenvalue weighted by Crippen LogP contribution is -2.15. The van der Waals surface area contributed by atoms with Crippen LogP contribution in [0.2, 0.25) is 0 Å². The Labute approximate surface area is 172 Å². The van der Waals surface area contributed by atoms with Gasteiger partial charge in [-0.1, -0.05) is 38.1 Å². The van der Waals surface area contributed by atoms with Crippen molar-refractivity contribution >= 4 is 17.1 Å². The average Bonchev–Trinajstić information content (AvgIpc) is 3.08. The van der Waals surface area contributed by atoms with Gasteiger partial charge < -0.3 is 15.5 Å². The zero-order valence-electron chi connectivity index (χ0n) is 16.8. The number of aromatic nitrogens is 4. The number of carbonyl (C=O) groups excluding carboxylic acids is 1. The van der Waals surface area contributed by atoms with Crippen LogP contribution in [-0.2, 0) is 0 Å². The van der Waals surface area contributed by atoms with Crippen LogP contribution < -0.4 is 16.2 Å². The minimum Gasteiger partial charge on any atom is -0.497 e. The molecule has 0 aliphatic rings. The number of H-pyrrole nitrogens is 1. The summed E-state index contributed by atoms with van der Waals surface area (Å²) in [4.78, 5) is 36.3. The minimum absolute atomic E-state index is 0.0349. The lowest BCUT2D eigenvalue weighted by Gasteiger charge is -2.09. The Morgan fingerprint density at radius 1 is 1.07 bits per heavy atom. The monoisotopic (exact) mass is 403 g/mol. The number of nitrogens with zero attached hydrogens (tertiary/aromatic N) is 3. The van der Waals surface area contributed by atoms with Gasteiger partial charge in [0.2, 0.25) is 0 Å². The molecule has 2 heterocycles. The number of amides is 1. The summed E-state index contributed by atoms with van der Waals surface area (Å²) < 4.78 is 6.56. The fourth-order valence-corrected chi connectivity index (χ4v) is 3.28. The van der Waals surface area contributed by atoms with Crippen LogP contribution in [0.5, 0.6) is 5.75 Å². The van der Waals surface area contributed by atoms with E-state index in [1.807, 2.05) is 24.3 Å². The number of ether oxygens (including phenoxy) is 1. The first-order valence-corrected chi connectivity index (χ1v) is 9.46. The van der Waals surface area contributed by atoms with E-state index in [1.54, 1.807) is 31.4 Å². The summed E-state index contributed by atoms with van der Waals surface area (Å²) in [6, 6.07) is 14.7. The Morgan fingerprint density at radius 3 is 2.30 bits per heavy atom. The molecule has 8 nitrogen and oxygen atoms in total. The SMILES string of the molecule is COc1ccc(-n2c(=O)[nH]c3c(C(N)=O)nc(-c4ccc(C(C)C)cc4)nc32)cc1. The third kappa shape index (κ3) is 3.32. The Bertz CT molecular complexity index is 1290. The topological polar surface area (TPSA) is 116 Å². The fraction of sp³-hybridized carbons (Fsp3) is 0.182. The first-order chi connectivity index (χ1) is 14.4. The number of carbonyl (C=O) groups is 1. The third-order valence-electron chi connectivity index (χ3n) is 4.94. The largest absolute Gasteiger partial charge is 0.497 e. The van der Waals surface area contributed by atoms with Crippen molar-refractivity contribution in [3.8, 4) is 22.8 Å². The van der Waals surface area contributed by atoms with Gasteiger partial charge in [-0.25, -0.2) is 19.3 Å². The highest BCUT2D eigenvalue weighted by atomic mass is 16.5. The van der Waals surface area contributed by atoms with E-state index in [9.17, 15) is 9.59 Å². The molecule has 2 aromatic carbocycles. The van der Waals surface area contributed by atoms with Crippen molar-refractivity contribution in [1.29, 1.82) is 0 Å². The molecule has 0 radical (unpaired) electrons. The molecule has 3 N–H and O–H groups in total. The van der Waals surface area contributed by atoms with Gasteiger partial charge in [0, 0.05) is 5.56 Å². The lowest BCUT2D eigenvalue weighted by molar-refractivity contribution is 0.0997. The van der Waals surface area contributed by atoms with Gasteiger partial charge in [0.15, 0.2) is 17.2 Å². The molecule has 152 valence electrons. The van der Waals surface area contributed by atoms with Crippen molar-refractivity contribution in [1.82, 2.24) is 19.5 Å². The number of aromatic amines is 1. The van der Waals surface area contributed by atoms with Gasteiger partial charge in [-0.15, -0.1) is 0 Å². The second-order valence-electron chi connectivity index (χ2n) is 7.20. The average molecular weight is 403 g/mol. The highest BCUT2D eigenvalue weighted by molar-refractivity contribution is 6.02. The summed E-state index contributed by atoms with van der Waals surface area (Å²) in [5.41, 5.74) is 8.01. The van der Waals surface area contributed by atoms with Crippen LogP contribution in [0, 0.1) is 0 Å². The van der Waals surface area contributed by atoms with Crippen molar-refractivity contribution < 1.29 is 9.53 Å². The van der Waals surface area contributed by atoms with Crippen molar-refractivity contribution in [3.05, 3.63) is 70.3 Å². The standard InChI is InChI=1S/C22H21N5O3/c1-12(2)13-4-6-14(7-5-13)20-24-17(19(23)28)18-21(26-20)27(22(29)25-18)15-8-10-16(30-3)11-9-15/h4-12H,1-3H3,(H2,23,28)(H,25,29). The van der Waals surface area contributed by atoms with Gasteiger partial charge in [0.25, 0.3) is 5.91 Å². The van der Waals surface area contributed by atoms with E-state index in [4.69, 9.17) is 10.5 Å². The second-order valence-corrected chi connectivity index (χ2v) is 7.20. The van der Waals surface area contributed by atoms with Crippen LogP contribution in [0.3, 0.4) is 0 Å².